The van der Waals surface area contributed by atoms with E-state index in [1.54, 1.807) is 0 Å². The van der Waals surface area contributed by atoms with Crippen molar-refractivity contribution in [2.45, 2.75) is 65.6 Å². The molecule has 0 spiro atoms. The number of rotatable bonds is 3. The summed E-state index contributed by atoms with van der Waals surface area (Å²) in [4.78, 5) is 7.17. The van der Waals surface area contributed by atoms with Gasteiger partial charge in [-0.3, -0.25) is 9.88 Å². The summed E-state index contributed by atoms with van der Waals surface area (Å²) in [5.74, 6) is 0. The van der Waals surface area contributed by atoms with E-state index >= 15 is 0 Å². The summed E-state index contributed by atoms with van der Waals surface area (Å²) in [5.41, 5.74) is 10.4. The van der Waals surface area contributed by atoms with Gasteiger partial charge in [0.25, 0.3) is 0 Å². The molecule has 1 aromatic rings. The smallest absolute Gasteiger partial charge is 0.0593 e. The Hall–Kier alpha value is -1.09. The molecule has 1 fully saturated rings. The van der Waals surface area contributed by atoms with Crippen LogP contribution in [0, 0.1) is 13.8 Å². The molecule has 0 aliphatic carbocycles. The van der Waals surface area contributed by atoms with Crippen molar-refractivity contribution in [1.82, 2.24) is 9.88 Å². The Labute approximate surface area is 110 Å². The topological polar surface area (TPSA) is 42.2 Å². The fraction of sp³-hybridized carbons (Fsp3) is 0.667. The maximum atomic E-state index is 6.10. The van der Waals surface area contributed by atoms with Crippen LogP contribution in [0.15, 0.2) is 6.20 Å². The van der Waals surface area contributed by atoms with E-state index in [9.17, 15) is 0 Å². The molecule has 2 heterocycles. The normalized spacial score (nSPS) is 24.7. The minimum Gasteiger partial charge on any atom is -0.398 e. The summed E-state index contributed by atoms with van der Waals surface area (Å²) in [5, 5.41) is 0. The molecule has 3 heteroatoms. The van der Waals surface area contributed by atoms with Crippen molar-refractivity contribution in [3.05, 3.63) is 23.0 Å². The molecule has 18 heavy (non-hydrogen) atoms. The molecular weight excluding hydrogens is 222 g/mol. The van der Waals surface area contributed by atoms with Gasteiger partial charge in [-0.2, -0.15) is 0 Å². The van der Waals surface area contributed by atoms with Crippen LogP contribution in [0.1, 0.15) is 49.9 Å². The second-order valence-corrected chi connectivity index (χ2v) is 5.59. The lowest BCUT2D eigenvalue weighted by molar-refractivity contribution is 0.187. The van der Waals surface area contributed by atoms with Gasteiger partial charge >= 0.3 is 0 Å². The zero-order valence-electron chi connectivity index (χ0n) is 12.0. The molecule has 1 saturated heterocycles. The molecule has 100 valence electrons. The van der Waals surface area contributed by atoms with Gasteiger partial charge in [-0.25, -0.2) is 0 Å². The van der Waals surface area contributed by atoms with Crippen LogP contribution in [-0.2, 0) is 6.54 Å². The lowest BCUT2D eigenvalue weighted by Crippen LogP contribution is -2.34. The van der Waals surface area contributed by atoms with Crippen LogP contribution in [0.5, 0.6) is 0 Å². The molecule has 2 atom stereocenters. The number of nitrogens with zero attached hydrogens (tertiary/aromatic N) is 2. The Morgan fingerprint density at radius 3 is 2.78 bits per heavy atom. The van der Waals surface area contributed by atoms with Crippen LogP contribution in [0.2, 0.25) is 0 Å². The van der Waals surface area contributed by atoms with Crippen LogP contribution in [0.3, 0.4) is 0 Å². The number of hydrogen-bond acceptors (Lipinski definition) is 3. The summed E-state index contributed by atoms with van der Waals surface area (Å²) in [6, 6.07) is 1.38. The van der Waals surface area contributed by atoms with Crippen LogP contribution in [0.4, 0.5) is 5.69 Å². The van der Waals surface area contributed by atoms with Gasteiger partial charge in [0.05, 0.1) is 5.69 Å². The zero-order valence-corrected chi connectivity index (χ0v) is 12.0. The molecular formula is C15H25N3. The Balaban J connectivity index is 2.21. The number of pyridine rings is 1. The number of anilines is 1. The second kappa shape index (κ2) is 5.27. The van der Waals surface area contributed by atoms with Gasteiger partial charge in [0.1, 0.15) is 0 Å². The molecule has 0 radical (unpaired) electrons. The van der Waals surface area contributed by atoms with Crippen LogP contribution >= 0.6 is 0 Å². The first kappa shape index (κ1) is 13.3. The summed E-state index contributed by atoms with van der Waals surface area (Å²) in [7, 11) is 0. The highest BCUT2D eigenvalue weighted by Crippen LogP contribution is 2.29. The van der Waals surface area contributed by atoms with E-state index in [0.717, 1.165) is 29.1 Å². The average molecular weight is 247 g/mol. The molecule has 3 nitrogen and oxygen atoms in total. The number of aromatic nitrogens is 1. The van der Waals surface area contributed by atoms with E-state index < -0.39 is 0 Å². The summed E-state index contributed by atoms with van der Waals surface area (Å²) in [6.07, 6.45) is 5.75. The van der Waals surface area contributed by atoms with Crippen LogP contribution < -0.4 is 5.73 Å². The summed E-state index contributed by atoms with van der Waals surface area (Å²) < 4.78 is 0. The first-order chi connectivity index (χ1) is 8.54. The highest BCUT2D eigenvalue weighted by atomic mass is 15.2. The number of aryl methyl sites for hydroxylation is 1. The van der Waals surface area contributed by atoms with Crippen molar-refractivity contribution < 1.29 is 0 Å². The minimum atomic E-state index is 0.665. The number of likely N-dealkylation sites (tertiary alicyclic amines) is 1. The van der Waals surface area contributed by atoms with E-state index in [2.05, 4.69) is 30.7 Å². The van der Waals surface area contributed by atoms with Crippen molar-refractivity contribution in [2.24, 2.45) is 0 Å². The monoisotopic (exact) mass is 247 g/mol. The number of hydrogen-bond donors (Lipinski definition) is 1. The fourth-order valence-electron chi connectivity index (χ4n) is 2.97. The summed E-state index contributed by atoms with van der Waals surface area (Å²) >= 11 is 0. The standard InChI is InChI=1S/C15H25N3/c1-5-13-7-6-11(3)18(13)9-14-12(4)15(16)10(2)8-17-14/h8,11,13H,5-7,9H2,1-4H3,(H2,16,17). The molecule has 1 aromatic heterocycles. The Morgan fingerprint density at radius 1 is 1.39 bits per heavy atom. The number of nitrogen functional groups attached to an aromatic ring is 1. The van der Waals surface area contributed by atoms with E-state index in [-0.39, 0.29) is 0 Å². The second-order valence-electron chi connectivity index (χ2n) is 5.59. The fourth-order valence-corrected chi connectivity index (χ4v) is 2.97. The lowest BCUT2D eigenvalue weighted by atomic mass is 10.1. The van der Waals surface area contributed by atoms with Gasteiger partial charge in [0.15, 0.2) is 0 Å². The van der Waals surface area contributed by atoms with Gasteiger partial charge in [-0.15, -0.1) is 0 Å². The van der Waals surface area contributed by atoms with E-state index in [4.69, 9.17) is 5.73 Å². The maximum absolute atomic E-state index is 6.10. The van der Waals surface area contributed by atoms with E-state index in [1.165, 1.54) is 19.3 Å². The van der Waals surface area contributed by atoms with Crippen molar-refractivity contribution in [2.75, 3.05) is 5.73 Å². The molecule has 0 saturated carbocycles. The summed E-state index contributed by atoms with van der Waals surface area (Å²) in [6.45, 7) is 9.65. The van der Waals surface area contributed by atoms with Crippen LogP contribution in [-0.4, -0.2) is 22.0 Å². The number of nitrogens with two attached hydrogens (primary N) is 1. The predicted molar refractivity (Wildman–Crippen MR) is 76.4 cm³/mol. The van der Waals surface area contributed by atoms with Gasteiger partial charge in [-0.05, 0) is 51.2 Å². The van der Waals surface area contributed by atoms with Gasteiger partial charge in [0.2, 0.25) is 0 Å². The molecule has 2 unspecified atom stereocenters. The van der Waals surface area contributed by atoms with Crippen molar-refractivity contribution in [1.29, 1.82) is 0 Å². The minimum absolute atomic E-state index is 0.665. The highest BCUT2D eigenvalue weighted by molar-refractivity contribution is 5.53. The molecule has 0 bridgehead atoms. The SMILES string of the molecule is CCC1CCC(C)N1Cc1ncc(C)c(N)c1C. The van der Waals surface area contributed by atoms with E-state index in [0.29, 0.717) is 12.1 Å². The first-order valence-corrected chi connectivity index (χ1v) is 7.00. The third kappa shape index (κ3) is 2.37. The Morgan fingerprint density at radius 2 is 2.11 bits per heavy atom. The quantitative estimate of drug-likeness (QED) is 0.892. The van der Waals surface area contributed by atoms with Crippen molar-refractivity contribution in [3.63, 3.8) is 0 Å². The third-order valence-corrected chi connectivity index (χ3v) is 4.43. The van der Waals surface area contributed by atoms with Crippen molar-refractivity contribution in [3.8, 4) is 0 Å². The Kier molecular flexibility index (Phi) is 3.91. The first-order valence-electron chi connectivity index (χ1n) is 7.00. The predicted octanol–water partition coefficient (Wildman–Crippen LogP) is 3.04. The van der Waals surface area contributed by atoms with E-state index in [1.807, 2.05) is 13.1 Å². The third-order valence-electron chi connectivity index (χ3n) is 4.43. The van der Waals surface area contributed by atoms with Crippen LogP contribution in [0.25, 0.3) is 0 Å². The average Bonchev–Trinajstić information content (AvgIpc) is 2.71. The largest absolute Gasteiger partial charge is 0.398 e. The van der Waals surface area contributed by atoms with Gasteiger partial charge in [-0.1, -0.05) is 6.92 Å². The van der Waals surface area contributed by atoms with Crippen molar-refractivity contribution >= 4 is 5.69 Å². The lowest BCUT2D eigenvalue weighted by Gasteiger charge is -2.28. The zero-order chi connectivity index (χ0) is 13.3. The Bertz CT molecular complexity index is 428. The molecule has 2 rings (SSSR count). The molecule has 0 aromatic carbocycles. The molecule has 0 amide bonds. The molecule has 2 N–H and O–H groups in total. The maximum Gasteiger partial charge on any atom is 0.0593 e. The van der Waals surface area contributed by atoms with Gasteiger partial charge < -0.3 is 5.73 Å². The molecule has 1 aliphatic heterocycles. The van der Waals surface area contributed by atoms with Gasteiger partial charge in [0, 0.05) is 30.5 Å². The molecule has 1 aliphatic rings. The highest BCUT2D eigenvalue weighted by Gasteiger charge is 2.29.